The highest BCUT2D eigenvalue weighted by atomic mass is 35.5. The first kappa shape index (κ1) is 12.7. The van der Waals surface area contributed by atoms with Gasteiger partial charge in [-0.2, -0.15) is 0 Å². The van der Waals surface area contributed by atoms with E-state index in [1.807, 2.05) is 47.3 Å². The zero-order chi connectivity index (χ0) is 13.0. The first-order chi connectivity index (χ1) is 8.66. The van der Waals surface area contributed by atoms with E-state index in [-0.39, 0.29) is 6.42 Å². The number of aryl methyl sites for hydroxylation is 1. The number of rotatable bonds is 5. The van der Waals surface area contributed by atoms with Crippen molar-refractivity contribution in [1.29, 1.82) is 0 Å². The molecule has 2 rings (SSSR count). The Morgan fingerprint density at radius 1 is 1.28 bits per heavy atom. The van der Waals surface area contributed by atoms with Gasteiger partial charge in [0.15, 0.2) is 0 Å². The first-order valence-corrected chi connectivity index (χ1v) is 6.18. The van der Waals surface area contributed by atoms with Crippen LogP contribution in [0.1, 0.15) is 18.4 Å². The van der Waals surface area contributed by atoms with Gasteiger partial charge < -0.3 is 9.67 Å². The van der Waals surface area contributed by atoms with Crippen molar-refractivity contribution in [2.75, 3.05) is 0 Å². The van der Waals surface area contributed by atoms with Crippen LogP contribution < -0.4 is 0 Å². The maximum atomic E-state index is 10.4. The summed E-state index contributed by atoms with van der Waals surface area (Å²) < 4.78 is 1.95. The molecule has 0 aliphatic carbocycles. The summed E-state index contributed by atoms with van der Waals surface area (Å²) in [6.45, 7) is 0. The van der Waals surface area contributed by atoms with Gasteiger partial charge in [-0.15, -0.1) is 0 Å². The van der Waals surface area contributed by atoms with E-state index in [1.165, 1.54) is 0 Å². The number of benzene rings is 1. The smallest absolute Gasteiger partial charge is 0.303 e. The van der Waals surface area contributed by atoms with Crippen molar-refractivity contribution >= 4 is 17.6 Å². The van der Waals surface area contributed by atoms with Gasteiger partial charge in [0.05, 0.1) is 10.7 Å². The molecule has 1 heterocycles. The standard InChI is InChI=1S/C14H14ClNO2/c15-12-10-11(4-3-5-14(17)18)6-7-13(12)16-8-1-2-9-16/h1-2,6-10H,3-5H2,(H,17,18). The summed E-state index contributed by atoms with van der Waals surface area (Å²) >= 11 is 6.23. The van der Waals surface area contributed by atoms with E-state index in [0.29, 0.717) is 11.4 Å². The second-order valence-electron chi connectivity index (χ2n) is 4.12. The number of carbonyl (C=O) groups is 1. The van der Waals surface area contributed by atoms with Gasteiger partial charge in [0.1, 0.15) is 0 Å². The lowest BCUT2D eigenvalue weighted by Gasteiger charge is -2.08. The van der Waals surface area contributed by atoms with Gasteiger partial charge in [0.25, 0.3) is 0 Å². The summed E-state index contributed by atoms with van der Waals surface area (Å²) in [5.74, 6) is -0.759. The number of halogens is 1. The molecule has 0 atom stereocenters. The van der Waals surface area contributed by atoms with Gasteiger partial charge in [0.2, 0.25) is 0 Å². The molecule has 0 fully saturated rings. The van der Waals surface area contributed by atoms with E-state index in [2.05, 4.69) is 0 Å². The Hall–Kier alpha value is -1.74. The number of hydrogen-bond acceptors (Lipinski definition) is 1. The van der Waals surface area contributed by atoms with Gasteiger partial charge in [-0.05, 0) is 42.7 Å². The third-order valence-electron chi connectivity index (χ3n) is 2.75. The lowest BCUT2D eigenvalue weighted by Crippen LogP contribution is -1.97. The third-order valence-corrected chi connectivity index (χ3v) is 3.05. The zero-order valence-electron chi connectivity index (χ0n) is 9.84. The van der Waals surface area contributed by atoms with Crippen LogP contribution in [0.4, 0.5) is 0 Å². The van der Waals surface area contributed by atoms with Crippen molar-refractivity contribution in [3.05, 3.63) is 53.3 Å². The Morgan fingerprint density at radius 2 is 2.00 bits per heavy atom. The van der Waals surface area contributed by atoms with Gasteiger partial charge in [-0.1, -0.05) is 17.7 Å². The third kappa shape index (κ3) is 3.14. The van der Waals surface area contributed by atoms with E-state index in [1.54, 1.807) is 0 Å². The van der Waals surface area contributed by atoms with Crippen molar-refractivity contribution < 1.29 is 9.90 Å². The highest BCUT2D eigenvalue weighted by molar-refractivity contribution is 6.32. The fraction of sp³-hybridized carbons (Fsp3) is 0.214. The van der Waals surface area contributed by atoms with Crippen LogP contribution in [0.5, 0.6) is 0 Å². The molecule has 0 spiro atoms. The summed E-state index contributed by atoms with van der Waals surface area (Å²) in [5.41, 5.74) is 2.00. The maximum Gasteiger partial charge on any atom is 0.303 e. The second kappa shape index (κ2) is 5.74. The number of hydrogen-bond donors (Lipinski definition) is 1. The molecule has 0 saturated heterocycles. The average molecular weight is 264 g/mol. The molecule has 2 aromatic rings. The molecule has 1 aromatic heterocycles. The fourth-order valence-electron chi connectivity index (χ4n) is 1.85. The van der Waals surface area contributed by atoms with Crippen molar-refractivity contribution in [3.8, 4) is 5.69 Å². The number of carboxylic acids is 1. The number of carboxylic acid groups (broad SMARTS) is 1. The predicted molar refractivity (Wildman–Crippen MR) is 71.4 cm³/mol. The van der Waals surface area contributed by atoms with Crippen LogP contribution >= 0.6 is 11.6 Å². The predicted octanol–water partition coefficient (Wildman–Crippen LogP) is 3.54. The minimum absolute atomic E-state index is 0.191. The average Bonchev–Trinajstić information content (AvgIpc) is 2.82. The van der Waals surface area contributed by atoms with Crippen LogP contribution in [0, 0.1) is 0 Å². The van der Waals surface area contributed by atoms with Crippen LogP contribution in [-0.4, -0.2) is 15.6 Å². The Labute approximate surface area is 111 Å². The zero-order valence-corrected chi connectivity index (χ0v) is 10.6. The molecule has 0 aliphatic heterocycles. The number of nitrogens with zero attached hydrogens (tertiary/aromatic N) is 1. The SMILES string of the molecule is O=C(O)CCCc1ccc(-n2cccc2)c(Cl)c1. The van der Waals surface area contributed by atoms with E-state index >= 15 is 0 Å². The van der Waals surface area contributed by atoms with E-state index < -0.39 is 5.97 Å². The minimum atomic E-state index is -0.759. The first-order valence-electron chi connectivity index (χ1n) is 5.80. The van der Waals surface area contributed by atoms with Crippen LogP contribution in [0.2, 0.25) is 5.02 Å². The number of aliphatic carboxylic acids is 1. The summed E-state index contributed by atoms with van der Waals surface area (Å²) in [6.07, 6.45) is 5.43. The Balaban J connectivity index is 2.08. The van der Waals surface area contributed by atoms with E-state index in [9.17, 15) is 4.79 Å². The molecule has 0 unspecified atom stereocenters. The Bertz CT molecular complexity index is 535. The molecule has 3 nitrogen and oxygen atoms in total. The fourth-order valence-corrected chi connectivity index (χ4v) is 2.15. The lowest BCUT2D eigenvalue weighted by atomic mass is 10.1. The molecule has 0 amide bonds. The lowest BCUT2D eigenvalue weighted by molar-refractivity contribution is -0.137. The molecular formula is C14H14ClNO2. The summed E-state index contributed by atoms with van der Waals surface area (Å²) in [4.78, 5) is 10.4. The highest BCUT2D eigenvalue weighted by Gasteiger charge is 2.04. The summed E-state index contributed by atoms with van der Waals surface area (Å²) in [5, 5.41) is 9.27. The van der Waals surface area contributed by atoms with Gasteiger partial charge in [-0.3, -0.25) is 4.79 Å². The summed E-state index contributed by atoms with van der Waals surface area (Å²) in [7, 11) is 0. The molecule has 1 N–H and O–H groups in total. The molecular weight excluding hydrogens is 250 g/mol. The molecule has 0 radical (unpaired) electrons. The van der Waals surface area contributed by atoms with Crippen molar-refractivity contribution in [1.82, 2.24) is 4.57 Å². The Morgan fingerprint density at radius 3 is 2.61 bits per heavy atom. The van der Waals surface area contributed by atoms with Gasteiger partial charge >= 0.3 is 5.97 Å². The van der Waals surface area contributed by atoms with Crippen LogP contribution in [-0.2, 0) is 11.2 Å². The Kier molecular flexibility index (Phi) is 4.05. The van der Waals surface area contributed by atoms with Crippen molar-refractivity contribution in [3.63, 3.8) is 0 Å². The monoisotopic (exact) mass is 263 g/mol. The van der Waals surface area contributed by atoms with Crippen LogP contribution in [0.25, 0.3) is 5.69 Å². The molecule has 0 aliphatic rings. The van der Waals surface area contributed by atoms with Crippen LogP contribution in [0.15, 0.2) is 42.7 Å². The molecule has 0 bridgehead atoms. The molecule has 1 aromatic carbocycles. The van der Waals surface area contributed by atoms with Crippen molar-refractivity contribution in [2.45, 2.75) is 19.3 Å². The molecule has 94 valence electrons. The molecule has 4 heteroatoms. The maximum absolute atomic E-state index is 10.4. The van der Waals surface area contributed by atoms with Crippen LogP contribution in [0.3, 0.4) is 0 Å². The normalized spacial score (nSPS) is 10.5. The quantitative estimate of drug-likeness (QED) is 0.897. The van der Waals surface area contributed by atoms with E-state index in [0.717, 1.165) is 17.7 Å². The van der Waals surface area contributed by atoms with Gasteiger partial charge in [0, 0.05) is 18.8 Å². The number of aromatic nitrogens is 1. The van der Waals surface area contributed by atoms with Gasteiger partial charge in [-0.25, -0.2) is 0 Å². The highest BCUT2D eigenvalue weighted by Crippen LogP contribution is 2.22. The van der Waals surface area contributed by atoms with E-state index in [4.69, 9.17) is 16.7 Å². The second-order valence-corrected chi connectivity index (χ2v) is 4.53. The largest absolute Gasteiger partial charge is 0.481 e. The molecule has 0 saturated carbocycles. The minimum Gasteiger partial charge on any atom is -0.481 e. The molecule has 18 heavy (non-hydrogen) atoms. The van der Waals surface area contributed by atoms with Crippen molar-refractivity contribution in [2.24, 2.45) is 0 Å². The summed E-state index contributed by atoms with van der Waals surface area (Å²) in [6, 6.07) is 9.73. The topological polar surface area (TPSA) is 42.2 Å².